The molecule has 1 heterocycles. The van der Waals surface area contributed by atoms with Gasteiger partial charge in [-0.05, 0) is 37.1 Å². The molecule has 0 aliphatic carbocycles. The summed E-state index contributed by atoms with van der Waals surface area (Å²) in [7, 11) is 0. The number of fused-ring (bicyclic) bond motifs is 1. The number of nitrogens with one attached hydrogen (secondary N) is 2. The van der Waals surface area contributed by atoms with Crippen LogP contribution in [-0.4, -0.2) is 56.1 Å². The second kappa shape index (κ2) is 11.2. The molecule has 3 rings (SSSR count). The van der Waals surface area contributed by atoms with E-state index in [4.69, 9.17) is 9.47 Å². The molecule has 0 saturated heterocycles. The van der Waals surface area contributed by atoms with Gasteiger partial charge in [-0.3, -0.25) is 14.5 Å². The lowest BCUT2D eigenvalue weighted by Crippen LogP contribution is -2.41. The zero-order valence-electron chi connectivity index (χ0n) is 17.4. The van der Waals surface area contributed by atoms with E-state index in [9.17, 15) is 9.59 Å². The Hall–Kier alpha value is -3.06. The Morgan fingerprint density at radius 3 is 2.47 bits per heavy atom. The maximum atomic E-state index is 12.4. The number of carbonyl (C=O) groups excluding carboxylic acids is 2. The Morgan fingerprint density at radius 1 is 0.967 bits per heavy atom. The van der Waals surface area contributed by atoms with Gasteiger partial charge in [0.05, 0.1) is 13.1 Å². The Kier molecular flexibility index (Phi) is 8.09. The van der Waals surface area contributed by atoms with Crippen LogP contribution >= 0.6 is 0 Å². The summed E-state index contributed by atoms with van der Waals surface area (Å²) in [4.78, 5) is 26.4. The number of likely N-dealkylation sites (N-methyl/N-ethyl adjacent to an activating group) is 1. The molecule has 0 aromatic heterocycles. The third-order valence-electron chi connectivity index (χ3n) is 4.81. The predicted molar refractivity (Wildman–Crippen MR) is 116 cm³/mol. The molecule has 7 heteroatoms. The van der Waals surface area contributed by atoms with Crippen molar-refractivity contribution in [3.63, 3.8) is 0 Å². The first-order chi connectivity index (χ1) is 14.6. The van der Waals surface area contributed by atoms with Crippen LogP contribution in [-0.2, 0) is 16.0 Å². The molecule has 0 atom stereocenters. The topological polar surface area (TPSA) is 79.9 Å². The molecular weight excluding hydrogens is 382 g/mol. The van der Waals surface area contributed by atoms with E-state index in [1.54, 1.807) is 23.1 Å². The first kappa shape index (κ1) is 21.6. The van der Waals surface area contributed by atoms with Crippen molar-refractivity contribution in [1.82, 2.24) is 10.2 Å². The fourth-order valence-corrected chi connectivity index (χ4v) is 3.23. The van der Waals surface area contributed by atoms with Crippen LogP contribution in [0, 0.1) is 0 Å². The van der Waals surface area contributed by atoms with Gasteiger partial charge in [-0.2, -0.15) is 0 Å². The number of ether oxygens (including phenoxy) is 2. The lowest BCUT2D eigenvalue weighted by atomic mass is 10.1. The van der Waals surface area contributed by atoms with E-state index < -0.39 is 0 Å². The second-order valence-electron chi connectivity index (χ2n) is 7.15. The quantitative estimate of drug-likeness (QED) is 0.587. The molecule has 1 aliphatic heterocycles. The van der Waals surface area contributed by atoms with E-state index in [1.165, 1.54) is 5.56 Å². The fraction of sp³-hybridized carbons (Fsp3) is 0.391. The molecule has 0 spiro atoms. The number of carbonyl (C=O) groups is 2. The number of anilines is 1. The second-order valence-corrected chi connectivity index (χ2v) is 7.15. The molecule has 0 unspecified atom stereocenters. The zero-order valence-corrected chi connectivity index (χ0v) is 17.4. The smallest absolute Gasteiger partial charge is 0.238 e. The monoisotopic (exact) mass is 411 g/mol. The summed E-state index contributed by atoms with van der Waals surface area (Å²) in [6.45, 7) is 4.51. The van der Waals surface area contributed by atoms with Gasteiger partial charge in [-0.15, -0.1) is 0 Å². The van der Waals surface area contributed by atoms with Crippen LogP contribution in [0.2, 0.25) is 0 Å². The van der Waals surface area contributed by atoms with Crippen LogP contribution in [0.5, 0.6) is 11.5 Å². The molecule has 2 N–H and O–H groups in total. The molecule has 0 bridgehead atoms. The van der Waals surface area contributed by atoms with Crippen LogP contribution in [0.1, 0.15) is 18.9 Å². The van der Waals surface area contributed by atoms with Crippen LogP contribution in [0.3, 0.4) is 0 Å². The molecule has 0 saturated carbocycles. The number of nitrogens with zero attached hydrogens (tertiary/aromatic N) is 1. The third-order valence-corrected chi connectivity index (χ3v) is 4.81. The maximum Gasteiger partial charge on any atom is 0.238 e. The molecule has 30 heavy (non-hydrogen) atoms. The molecule has 0 radical (unpaired) electrons. The van der Waals surface area contributed by atoms with Gasteiger partial charge >= 0.3 is 0 Å². The Labute approximate surface area is 177 Å². The van der Waals surface area contributed by atoms with Crippen LogP contribution < -0.4 is 20.1 Å². The van der Waals surface area contributed by atoms with Gasteiger partial charge < -0.3 is 20.1 Å². The standard InChI is InChI=1S/C23H29N3O4/c1-2-26(16-22(27)24-12-6-9-18-7-4-3-5-8-18)17-23(28)25-19-10-11-20-21(15-19)30-14-13-29-20/h3-5,7-8,10-11,15H,2,6,9,12-14,16-17H2,1H3,(H,24,27)(H,25,28). The Bertz CT molecular complexity index is 842. The highest BCUT2D eigenvalue weighted by Crippen LogP contribution is 2.32. The summed E-state index contributed by atoms with van der Waals surface area (Å²) in [5.74, 6) is 1.06. The van der Waals surface area contributed by atoms with Crippen molar-refractivity contribution in [3.05, 3.63) is 54.1 Å². The van der Waals surface area contributed by atoms with Crippen molar-refractivity contribution in [2.45, 2.75) is 19.8 Å². The van der Waals surface area contributed by atoms with Gasteiger partial charge in [-0.25, -0.2) is 0 Å². The molecule has 2 amide bonds. The van der Waals surface area contributed by atoms with Crippen LogP contribution in [0.4, 0.5) is 5.69 Å². The number of aryl methyl sites for hydroxylation is 1. The van der Waals surface area contributed by atoms with Gasteiger partial charge in [-0.1, -0.05) is 37.3 Å². The molecule has 2 aromatic carbocycles. The summed E-state index contributed by atoms with van der Waals surface area (Å²) in [5.41, 5.74) is 1.91. The van der Waals surface area contributed by atoms with E-state index in [0.29, 0.717) is 43.5 Å². The number of hydrogen-bond acceptors (Lipinski definition) is 5. The highest BCUT2D eigenvalue weighted by Gasteiger charge is 2.15. The predicted octanol–water partition coefficient (Wildman–Crippen LogP) is 2.47. The number of benzene rings is 2. The average Bonchev–Trinajstić information content (AvgIpc) is 2.77. The highest BCUT2D eigenvalue weighted by molar-refractivity contribution is 5.93. The van der Waals surface area contributed by atoms with Crippen molar-refractivity contribution >= 4 is 17.5 Å². The van der Waals surface area contributed by atoms with Crippen LogP contribution in [0.15, 0.2) is 48.5 Å². The zero-order chi connectivity index (χ0) is 21.2. The number of amides is 2. The first-order valence-corrected chi connectivity index (χ1v) is 10.4. The van der Waals surface area contributed by atoms with E-state index >= 15 is 0 Å². The fourth-order valence-electron chi connectivity index (χ4n) is 3.23. The number of rotatable bonds is 10. The molecule has 1 aliphatic rings. The summed E-state index contributed by atoms with van der Waals surface area (Å²) >= 11 is 0. The third kappa shape index (κ3) is 6.77. The largest absolute Gasteiger partial charge is 0.486 e. The molecule has 7 nitrogen and oxygen atoms in total. The SMILES string of the molecule is CCN(CC(=O)NCCCc1ccccc1)CC(=O)Nc1ccc2c(c1)OCCO2. The van der Waals surface area contributed by atoms with Crippen molar-refractivity contribution in [3.8, 4) is 11.5 Å². The highest BCUT2D eigenvalue weighted by atomic mass is 16.6. The molecular formula is C23H29N3O4. The van der Waals surface area contributed by atoms with Gasteiger partial charge in [0.25, 0.3) is 0 Å². The van der Waals surface area contributed by atoms with Crippen molar-refractivity contribution in [2.24, 2.45) is 0 Å². The van der Waals surface area contributed by atoms with Crippen LogP contribution in [0.25, 0.3) is 0 Å². The van der Waals surface area contributed by atoms with Gasteiger partial charge in [0.15, 0.2) is 11.5 Å². The Balaban J connectivity index is 1.38. The van der Waals surface area contributed by atoms with E-state index in [2.05, 4.69) is 22.8 Å². The van der Waals surface area contributed by atoms with Gasteiger partial charge in [0, 0.05) is 18.3 Å². The molecule has 0 fully saturated rings. The minimum atomic E-state index is -0.176. The maximum absolute atomic E-state index is 12.4. The normalized spacial score (nSPS) is 12.5. The molecule has 2 aromatic rings. The minimum Gasteiger partial charge on any atom is -0.486 e. The number of hydrogen-bond donors (Lipinski definition) is 2. The lowest BCUT2D eigenvalue weighted by Gasteiger charge is -2.21. The summed E-state index contributed by atoms with van der Waals surface area (Å²) in [5, 5.41) is 5.78. The summed E-state index contributed by atoms with van der Waals surface area (Å²) in [6, 6.07) is 15.5. The lowest BCUT2D eigenvalue weighted by molar-refractivity contribution is -0.123. The van der Waals surface area contributed by atoms with Gasteiger partial charge in [0.2, 0.25) is 11.8 Å². The molecule has 160 valence electrons. The first-order valence-electron chi connectivity index (χ1n) is 10.4. The van der Waals surface area contributed by atoms with E-state index in [1.807, 2.05) is 25.1 Å². The minimum absolute atomic E-state index is 0.0722. The van der Waals surface area contributed by atoms with Gasteiger partial charge in [0.1, 0.15) is 13.2 Å². The van der Waals surface area contributed by atoms with E-state index in [-0.39, 0.29) is 24.9 Å². The summed E-state index contributed by atoms with van der Waals surface area (Å²) < 4.78 is 11.0. The van der Waals surface area contributed by atoms with Crippen molar-refractivity contribution in [2.75, 3.05) is 44.7 Å². The Morgan fingerprint density at radius 2 is 1.70 bits per heavy atom. The summed E-state index contributed by atoms with van der Waals surface area (Å²) in [6.07, 6.45) is 1.81. The average molecular weight is 412 g/mol. The van der Waals surface area contributed by atoms with E-state index in [0.717, 1.165) is 12.8 Å². The van der Waals surface area contributed by atoms with Crippen molar-refractivity contribution < 1.29 is 19.1 Å². The van der Waals surface area contributed by atoms with Crippen molar-refractivity contribution in [1.29, 1.82) is 0 Å².